The van der Waals surface area contributed by atoms with Crippen molar-refractivity contribution in [3.05, 3.63) is 43.0 Å². The molecule has 0 spiro atoms. The molecule has 0 aromatic carbocycles. The second-order valence-corrected chi connectivity index (χ2v) is 7.22. The molecular formula is C13H13N7O4S2. The molecule has 0 fully saturated rings. The van der Waals surface area contributed by atoms with E-state index in [4.69, 9.17) is 4.42 Å². The number of aryl methyl sites for hydroxylation is 2. The minimum absolute atomic E-state index is 0.0541. The molecular weight excluding hydrogens is 382 g/mol. The van der Waals surface area contributed by atoms with Crippen molar-refractivity contribution in [3.8, 4) is 0 Å². The highest BCUT2D eigenvalue weighted by Crippen LogP contribution is 2.19. The Labute approximate surface area is 153 Å². The SMILES string of the molecule is Cc1nnc(NC(=O)CSc2nnc(Cc3c(C)[nH]c(=O)[nH]c3=O)o2)s1. The van der Waals surface area contributed by atoms with E-state index in [2.05, 4.69) is 35.7 Å². The molecule has 26 heavy (non-hydrogen) atoms. The Morgan fingerprint density at radius 2 is 2.00 bits per heavy atom. The van der Waals surface area contributed by atoms with E-state index in [1.807, 2.05) is 0 Å². The lowest BCUT2D eigenvalue weighted by molar-refractivity contribution is -0.113. The maximum Gasteiger partial charge on any atom is 0.325 e. The molecule has 0 radical (unpaired) electrons. The lowest BCUT2D eigenvalue weighted by Gasteiger charge is -2.00. The molecule has 0 unspecified atom stereocenters. The predicted molar refractivity (Wildman–Crippen MR) is 93.5 cm³/mol. The molecule has 0 bridgehead atoms. The summed E-state index contributed by atoms with van der Waals surface area (Å²) in [6, 6.07) is 0. The standard InChI is InChI=1S/C13H13N7O4S2/c1-5-7(10(22)16-11(23)14-5)3-9-18-20-13(24-9)25-4-8(21)15-12-19-17-6(2)26-12/h3-4H2,1-2H3,(H,15,19,21)(H2,14,16,22,23). The summed E-state index contributed by atoms with van der Waals surface area (Å²) in [5, 5.41) is 19.3. The maximum atomic E-state index is 11.9. The summed E-state index contributed by atoms with van der Waals surface area (Å²) in [5.41, 5.74) is -0.327. The highest BCUT2D eigenvalue weighted by molar-refractivity contribution is 7.99. The van der Waals surface area contributed by atoms with Gasteiger partial charge in [-0.25, -0.2) is 4.79 Å². The number of hydrogen-bond acceptors (Lipinski definition) is 10. The van der Waals surface area contributed by atoms with Crippen LogP contribution in [0.25, 0.3) is 0 Å². The first kappa shape index (κ1) is 18.0. The summed E-state index contributed by atoms with van der Waals surface area (Å²) >= 11 is 2.33. The van der Waals surface area contributed by atoms with E-state index in [-0.39, 0.29) is 29.2 Å². The van der Waals surface area contributed by atoms with Crippen LogP contribution in [-0.4, -0.2) is 42.0 Å². The number of carbonyl (C=O) groups is 1. The largest absolute Gasteiger partial charge is 0.416 e. The van der Waals surface area contributed by atoms with Gasteiger partial charge in [-0.05, 0) is 13.8 Å². The highest BCUT2D eigenvalue weighted by Gasteiger charge is 2.14. The van der Waals surface area contributed by atoms with Gasteiger partial charge in [0.1, 0.15) is 5.01 Å². The molecule has 136 valence electrons. The van der Waals surface area contributed by atoms with Crippen LogP contribution < -0.4 is 16.6 Å². The van der Waals surface area contributed by atoms with Gasteiger partial charge in [0.2, 0.25) is 16.9 Å². The summed E-state index contributed by atoms with van der Waals surface area (Å²) in [6.45, 7) is 3.40. The summed E-state index contributed by atoms with van der Waals surface area (Å²) in [7, 11) is 0. The fraction of sp³-hybridized carbons (Fsp3) is 0.308. The molecule has 0 aliphatic carbocycles. The number of aromatic nitrogens is 6. The predicted octanol–water partition coefficient (Wildman–Crippen LogP) is 0.236. The molecule has 3 heterocycles. The number of H-pyrrole nitrogens is 2. The van der Waals surface area contributed by atoms with Crippen molar-refractivity contribution in [3.63, 3.8) is 0 Å². The first-order valence-corrected chi connectivity index (χ1v) is 9.08. The van der Waals surface area contributed by atoms with Crippen molar-refractivity contribution in [1.82, 2.24) is 30.4 Å². The van der Waals surface area contributed by atoms with Gasteiger partial charge in [-0.15, -0.1) is 20.4 Å². The Balaban J connectivity index is 1.59. The van der Waals surface area contributed by atoms with E-state index in [1.165, 1.54) is 11.3 Å². The van der Waals surface area contributed by atoms with Gasteiger partial charge >= 0.3 is 5.69 Å². The maximum absolute atomic E-state index is 11.9. The van der Waals surface area contributed by atoms with Crippen LogP contribution >= 0.6 is 23.1 Å². The number of nitrogens with zero attached hydrogens (tertiary/aromatic N) is 4. The number of aromatic amines is 2. The first-order valence-electron chi connectivity index (χ1n) is 7.28. The van der Waals surface area contributed by atoms with Gasteiger partial charge in [0, 0.05) is 11.3 Å². The van der Waals surface area contributed by atoms with Gasteiger partial charge in [-0.3, -0.25) is 19.9 Å². The number of carbonyl (C=O) groups excluding carboxylic acids is 1. The normalized spacial score (nSPS) is 10.8. The second kappa shape index (κ2) is 7.61. The Hall–Kier alpha value is -2.80. The van der Waals surface area contributed by atoms with Crippen LogP contribution in [0.3, 0.4) is 0 Å². The van der Waals surface area contributed by atoms with E-state index in [9.17, 15) is 14.4 Å². The van der Waals surface area contributed by atoms with E-state index in [0.717, 1.165) is 16.8 Å². The van der Waals surface area contributed by atoms with Crippen molar-refractivity contribution < 1.29 is 9.21 Å². The Morgan fingerprint density at radius 3 is 2.69 bits per heavy atom. The zero-order valence-electron chi connectivity index (χ0n) is 13.7. The van der Waals surface area contributed by atoms with Crippen LogP contribution in [0.15, 0.2) is 19.2 Å². The first-order chi connectivity index (χ1) is 12.4. The molecule has 13 heteroatoms. The molecule has 0 aliphatic heterocycles. The molecule has 1 amide bonds. The van der Waals surface area contributed by atoms with Gasteiger partial charge in [-0.2, -0.15) is 0 Å². The molecule has 3 aromatic heterocycles. The van der Waals surface area contributed by atoms with E-state index < -0.39 is 11.2 Å². The molecule has 0 atom stereocenters. The molecule has 3 rings (SSSR count). The van der Waals surface area contributed by atoms with Crippen LogP contribution in [0.2, 0.25) is 0 Å². The van der Waals surface area contributed by atoms with Crippen LogP contribution in [0, 0.1) is 13.8 Å². The number of thioether (sulfide) groups is 1. The van der Waals surface area contributed by atoms with Crippen molar-refractivity contribution in [2.45, 2.75) is 25.5 Å². The molecule has 0 aliphatic rings. The van der Waals surface area contributed by atoms with Crippen LogP contribution in [0.5, 0.6) is 0 Å². The van der Waals surface area contributed by atoms with Crippen LogP contribution in [-0.2, 0) is 11.2 Å². The minimum Gasteiger partial charge on any atom is -0.416 e. The Morgan fingerprint density at radius 1 is 1.19 bits per heavy atom. The minimum atomic E-state index is -0.574. The molecule has 0 saturated carbocycles. The van der Waals surface area contributed by atoms with Crippen LogP contribution in [0.4, 0.5) is 5.13 Å². The smallest absolute Gasteiger partial charge is 0.325 e. The average molecular weight is 395 g/mol. The van der Waals surface area contributed by atoms with Gasteiger partial charge in [0.05, 0.1) is 12.2 Å². The average Bonchev–Trinajstić information content (AvgIpc) is 3.18. The lowest BCUT2D eigenvalue weighted by Crippen LogP contribution is -2.27. The Bertz CT molecular complexity index is 1050. The van der Waals surface area contributed by atoms with Crippen molar-refractivity contribution >= 4 is 34.1 Å². The monoisotopic (exact) mass is 395 g/mol. The highest BCUT2D eigenvalue weighted by atomic mass is 32.2. The fourth-order valence-corrected chi connectivity index (χ4v) is 3.18. The molecule has 11 nitrogen and oxygen atoms in total. The number of hydrogen-bond donors (Lipinski definition) is 3. The molecule has 0 saturated heterocycles. The second-order valence-electron chi connectivity index (χ2n) is 5.11. The molecule has 3 N–H and O–H groups in total. The zero-order chi connectivity index (χ0) is 18.7. The van der Waals surface area contributed by atoms with Gasteiger partial charge in [-0.1, -0.05) is 23.1 Å². The lowest BCUT2D eigenvalue weighted by atomic mass is 10.2. The van der Waals surface area contributed by atoms with Gasteiger partial charge < -0.3 is 9.40 Å². The van der Waals surface area contributed by atoms with Crippen molar-refractivity contribution in [2.24, 2.45) is 0 Å². The number of amides is 1. The van der Waals surface area contributed by atoms with E-state index in [1.54, 1.807) is 13.8 Å². The van der Waals surface area contributed by atoms with Crippen LogP contribution in [0.1, 0.15) is 22.2 Å². The third-order valence-corrected chi connectivity index (χ3v) is 4.70. The van der Waals surface area contributed by atoms with E-state index in [0.29, 0.717) is 16.4 Å². The number of nitrogens with one attached hydrogen (secondary N) is 3. The third kappa shape index (κ3) is 4.43. The number of rotatable bonds is 6. The number of anilines is 1. The van der Waals surface area contributed by atoms with Crippen molar-refractivity contribution in [1.29, 1.82) is 0 Å². The topological polar surface area (TPSA) is 160 Å². The van der Waals surface area contributed by atoms with Gasteiger partial charge in [0.15, 0.2) is 0 Å². The summed E-state index contributed by atoms with van der Waals surface area (Å²) in [4.78, 5) is 39.5. The Kier molecular flexibility index (Phi) is 5.27. The van der Waals surface area contributed by atoms with E-state index >= 15 is 0 Å². The van der Waals surface area contributed by atoms with Gasteiger partial charge in [0.25, 0.3) is 10.8 Å². The third-order valence-electron chi connectivity index (χ3n) is 3.13. The zero-order valence-corrected chi connectivity index (χ0v) is 15.3. The summed E-state index contributed by atoms with van der Waals surface area (Å²) in [5.74, 6) is -0.0226. The van der Waals surface area contributed by atoms with Crippen molar-refractivity contribution in [2.75, 3.05) is 11.1 Å². The molecule has 3 aromatic rings. The summed E-state index contributed by atoms with van der Waals surface area (Å²) in [6.07, 6.45) is 0.0712. The summed E-state index contributed by atoms with van der Waals surface area (Å²) < 4.78 is 5.42. The fourth-order valence-electron chi connectivity index (χ4n) is 1.99. The quantitative estimate of drug-likeness (QED) is 0.497.